The minimum absolute atomic E-state index is 0.135. The summed E-state index contributed by atoms with van der Waals surface area (Å²) in [7, 11) is 1.78. The van der Waals surface area contributed by atoms with Crippen molar-refractivity contribution in [1.29, 1.82) is 0 Å². The summed E-state index contributed by atoms with van der Waals surface area (Å²) in [6, 6.07) is 15.2. The maximum absolute atomic E-state index is 12.9. The van der Waals surface area contributed by atoms with Crippen LogP contribution in [0, 0.1) is 0 Å². The van der Waals surface area contributed by atoms with Crippen LogP contribution in [0.5, 0.6) is 0 Å². The first-order valence-electron chi connectivity index (χ1n) is 9.18. The van der Waals surface area contributed by atoms with Gasteiger partial charge in [0.05, 0.1) is 11.7 Å². The van der Waals surface area contributed by atoms with E-state index in [2.05, 4.69) is 20.8 Å². The summed E-state index contributed by atoms with van der Waals surface area (Å²) >= 11 is 1.67. The molecule has 0 aliphatic carbocycles. The number of amides is 1. The zero-order valence-corrected chi connectivity index (χ0v) is 16.4. The van der Waals surface area contributed by atoms with Crippen LogP contribution in [0.2, 0.25) is 0 Å². The van der Waals surface area contributed by atoms with E-state index in [-0.39, 0.29) is 12.0 Å². The fourth-order valence-corrected chi connectivity index (χ4v) is 4.27. The molecule has 2 aromatic carbocycles. The van der Waals surface area contributed by atoms with Gasteiger partial charge < -0.3 is 10.1 Å². The molecular formula is C20H21N5O2S. The molecule has 0 saturated carbocycles. The van der Waals surface area contributed by atoms with Crippen molar-refractivity contribution >= 4 is 23.4 Å². The minimum Gasteiger partial charge on any atom is -0.377 e. The zero-order chi connectivity index (χ0) is 19.3. The third kappa shape index (κ3) is 4.23. The lowest BCUT2D eigenvalue weighted by Crippen LogP contribution is -2.14. The molecular weight excluding hydrogens is 374 g/mol. The first-order valence-corrected chi connectivity index (χ1v) is 10.2. The Kier molecular flexibility index (Phi) is 5.68. The monoisotopic (exact) mass is 395 g/mol. The molecule has 1 aliphatic heterocycles. The first-order chi connectivity index (χ1) is 13.7. The fraction of sp³-hybridized carbons (Fsp3) is 0.300. The second-order valence-electron chi connectivity index (χ2n) is 6.60. The van der Waals surface area contributed by atoms with Crippen molar-refractivity contribution in [2.24, 2.45) is 7.05 Å². The highest BCUT2D eigenvalue weighted by atomic mass is 32.2. The summed E-state index contributed by atoms with van der Waals surface area (Å²) in [5.74, 6) is 1.37. The SMILES string of the molecule is Cn1nnnc1-c1cccc(NC(=O)c2ccccc2SCC2CCCO2)c1. The molecule has 3 aromatic rings. The van der Waals surface area contributed by atoms with E-state index in [9.17, 15) is 4.79 Å². The molecule has 0 radical (unpaired) electrons. The van der Waals surface area contributed by atoms with Crippen LogP contribution in [0.3, 0.4) is 0 Å². The summed E-state index contributed by atoms with van der Waals surface area (Å²) in [5, 5.41) is 14.5. The lowest BCUT2D eigenvalue weighted by Gasteiger charge is -2.13. The van der Waals surface area contributed by atoms with Crippen LogP contribution in [0.1, 0.15) is 23.2 Å². The molecule has 1 aliphatic rings. The van der Waals surface area contributed by atoms with Gasteiger partial charge in [-0.05, 0) is 47.5 Å². The smallest absolute Gasteiger partial charge is 0.256 e. The van der Waals surface area contributed by atoms with Gasteiger partial charge in [0.2, 0.25) is 0 Å². The van der Waals surface area contributed by atoms with Crippen LogP contribution in [0.4, 0.5) is 5.69 Å². The summed E-state index contributed by atoms with van der Waals surface area (Å²) in [6.45, 7) is 0.838. The third-order valence-electron chi connectivity index (χ3n) is 4.58. The molecule has 7 nitrogen and oxygen atoms in total. The second kappa shape index (κ2) is 8.53. The fourth-order valence-electron chi connectivity index (χ4n) is 3.15. The van der Waals surface area contributed by atoms with Gasteiger partial charge in [0.1, 0.15) is 0 Å². The first kappa shape index (κ1) is 18.6. The average Bonchev–Trinajstić information content (AvgIpc) is 3.38. The van der Waals surface area contributed by atoms with Crippen LogP contribution in [0.15, 0.2) is 53.4 Å². The van der Waals surface area contributed by atoms with Gasteiger partial charge in [-0.15, -0.1) is 16.9 Å². The maximum Gasteiger partial charge on any atom is 0.256 e. The Balaban J connectivity index is 1.49. The van der Waals surface area contributed by atoms with E-state index >= 15 is 0 Å². The Morgan fingerprint density at radius 1 is 1.29 bits per heavy atom. The van der Waals surface area contributed by atoms with Crippen LogP contribution >= 0.6 is 11.8 Å². The van der Waals surface area contributed by atoms with Crippen LogP contribution in [0.25, 0.3) is 11.4 Å². The summed E-state index contributed by atoms with van der Waals surface area (Å²) in [5.41, 5.74) is 2.20. The van der Waals surface area contributed by atoms with Crippen molar-refractivity contribution in [3.63, 3.8) is 0 Å². The molecule has 1 atom stereocenters. The third-order valence-corrected chi connectivity index (χ3v) is 5.78. The minimum atomic E-state index is -0.135. The number of nitrogens with zero attached hydrogens (tertiary/aromatic N) is 4. The van der Waals surface area contributed by atoms with Gasteiger partial charge in [-0.3, -0.25) is 4.79 Å². The van der Waals surface area contributed by atoms with E-state index in [1.165, 1.54) is 0 Å². The molecule has 2 heterocycles. The molecule has 4 rings (SSSR count). The topological polar surface area (TPSA) is 81.9 Å². The normalized spacial score (nSPS) is 16.2. The summed E-state index contributed by atoms with van der Waals surface area (Å²) < 4.78 is 7.28. The number of benzene rings is 2. The van der Waals surface area contributed by atoms with Crippen molar-refractivity contribution in [2.45, 2.75) is 23.8 Å². The van der Waals surface area contributed by atoms with Crippen molar-refractivity contribution in [2.75, 3.05) is 17.7 Å². The molecule has 1 unspecified atom stereocenters. The van der Waals surface area contributed by atoms with Crippen molar-refractivity contribution in [3.05, 3.63) is 54.1 Å². The van der Waals surface area contributed by atoms with E-state index in [1.807, 2.05) is 48.5 Å². The second-order valence-corrected chi connectivity index (χ2v) is 7.67. The number of carbonyl (C=O) groups excluding carboxylic acids is 1. The maximum atomic E-state index is 12.9. The lowest BCUT2D eigenvalue weighted by atomic mass is 10.1. The number of nitrogens with one attached hydrogen (secondary N) is 1. The zero-order valence-electron chi connectivity index (χ0n) is 15.5. The van der Waals surface area contributed by atoms with Crippen molar-refractivity contribution < 1.29 is 9.53 Å². The Labute approximate surface area is 167 Å². The summed E-state index contributed by atoms with van der Waals surface area (Å²) in [6.07, 6.45) is 2.48. The number of carbonyl (C=O) groups is 1. The number of hydrogen-bond donors (Lipinski definition) is 1. The number of hydrogen-bond acceptors (Lipinski definition) is 6. The molecule has 144 valence electrons. The van der Waals surface area contributed by atoms with Crippen LogP contribution in [-0.2, 0) is 11.8 Å². The molecule has 1 saturated heterocycles. The Hall–Kier alpha value is -2.71. The van der Waals surface area contributed by atoms with E-state index in [0.717, 1.165) is 35.7 Å². The van der Waals surface area contributed by atoms with Crippen LogP contribution in [-0.4, -0.2) is 44.6 Å². The quantitative estimate of drug-likeness (QED) is 0.644. The number of aryl methyl sites for hydroxylation is 1. The Morgan fingerprint density at radius 3 is 2.96 bits per heavy atom. The number of thioether (sulfide) groups is 1. The van der Waals surface area contributed by atoms with Gasteiger partial charge in [-0.1, -0.05) is 24.3 Å². The van der Waals surface area contributed by atoms with Gasteiger partial charge in [0.15, 0.2) is 5.82 Å². The van der Waals surface area contributed by atoms with Crippen LogP contribution < -0.4 is 5.32 Å². The molecule has 8 heteroatoms. The molecule has 28 heavy (non-hydrogen) atoms. The molecule has 1 N–H and O–H groups in total. The highest BCUT2D eigenvalue weighted by Crippen LogP contribution is 2.28. The van der Waals surface area contributed by atoms with E-state index in [1.54, 1.807) is 23.5 Å². The number of ether oxygens (including phenoxy) is 1. The molecule has 1 fully saturated rings. The lowest BCUT2D eigenvalue weighted by molar-refractivity contribution is 0.102. The van der Waals surface area contributed by atoms with E-state index < -0.39 is 0 Å². The van der Waals surface area contributed by atoms with E-state index in [0.29, 0.717) is 17.1 Å². The molecule has 0 spiro atoms. The van der Waals surface area contributed by atoms with Gasteiger partial charge in [0, 0.05) is 35.6 Å². The summed E-state index contributed by atoms with van der Waals surface area (Å²) in [4.78, 5) is 13.9. The van der Waals surface area contributed by atoms with Gasteiger partial charge in [-0.2, -0.15) is 0 Å². The van der Waals surface area contributed by atoms with E-state index in [4.69, 9.17) is 4.74 Å². The molecule has 1 aromatic heterocycles. The Morgan fingerprint density at radius 2 is 2.18 bits per heavy atom. The highest BCUT2D eigenvalue weighted by Gasteiger charge is 2.18. The van der Waals surface area contributed by atoms with Gasteiger partial charge in [-0.25, -0.2) is 4.68 Å². The van der Waals surface area contributed by atoms with Gasteiger partial charge >= 0.3 is 0 Å². The average molecular weight is 395 g/mol. The number of anilines is 1. The largest absolute Gasteiger partial charge is 0.377 e. The molecule has 1 amide bonds. The standard InChI is InChI=1S/C20H21N5O2S/c1-25-19(22-23-24-25)14-6-4-7-15(12-14)21-20(26)17-9-2-3-10-18(17)28-13-16-8-5-11-27-16/h2-4,6-7,9-10,12,16H,5,8,11,13H2,1H3,(H,21,26). The van der Waals surface area contributed by atoms with Crippen molar-refractivity contribution in [1.82, 2.24) is 20.2 Å². The Bertz CT molecular complexity index is 968. The number of aromatic nitrogens is 4. The van der Waals surface area contributed by atoms with Gasteiger partial charge in [0.25, 0.3) is 5.91 Å². The highest BCUT2D eigenvalue weighted by molar-refractivity contribution is 7.99. The number of rotatable bonds is 6. The number of tetrazole rings is 1. The predicted molar refractivity (Wildman–Crippen MR) is 108 cm³/mol. The predicted octanol–water partition coefficient (Wildman–Crippen LogP) is 3.40. The van der Waals surface area contributed by atoms with Crippen molar-refractivity contribution in [3.8, 4) is 11.4 Å². The molecule has 0 bridgehead atoms.